The lowest BCUT2D eigenvalue weighted by Crippen LogP contribution is -2.64. The molecule has 14 nitrogen and oxygen atoms in total. The van der Waals surface area contributed by atoms with Gasteiger partial charge in [0.05, 0.1) is 19.8 Å². The number of hydrogen-bond donors (Lipinski definition) is 6. The molecule has 0 bridgehead atoms. The van der Waals surface area contributed by atoms with E-state index in [4.69, 9.17) is 18.5 Å². The van der Waals surface area contributed by atoms with Crippen LogP contribution < -0.4 is 10.1 Å². The molecular weight excluding hydrogens is 584 g/mol. The molecule has 2 unspecified atom stereocenters. The molecule has 0 spiro atoms. The molecule has 1 aliphatic heterocycles. The number of phosphoric acid groups is 2. The van der Waals surface area contributed by atoms with Crippen LogP contribution in [-0.2, 0) is 32.0 Å². The molecule has 0 aliphatic carbocycles. The van der Waals surface area contributed by atoms with Gasteiger partial charge in [0.25, 0.3) is 0 Å². The van der Waals surface area contributed by atoms with E-state index in [1.165, 1.54) is 0 Å². The molecule has 0 saturated carbocycles. The van der Waals surface area contributed by atoms with Crippen molar-refractivity contribution in [3.8, 4) is 5.75 Å². The zero-order valence-corrected chi connectivity index (χ0v) is 24.9. The number of hydrogen-bond acceptors (Lipinski definition) is 11. The second kappa shape index (κ2) is 18.3. The lowest BCUT2D eigenvalue weighted by Gasteiger charge is -2.42. The predicted molar refractivity (Wildman–Crippen MR) is 147 cm³/mol. The molecule has 0 radical (unpaired) electrons. The summed E-state index contributed by atoms with van der Waals surface area (Å²) in [7, 11) is -10.4. The van der Waals surface area contributed by atoms with Crippen LogP contribution in [0.2, 0.25) is 0 Å². The van der Waals surface area contributed by atoms with E-state index >= 15 is 0 Å². The molecule has 1 aromatic carbocycles. The Morgan fingerprint density at radius 1 is 0.878 bits per heavy atom. The molecule has 7 atom stereocenters. The molecule has 16 heteroatoms. The molecule has 1 heterocycles. The Balaban J connectivity index is 1.60. The fourth-order valence-corrected chi connectivity index (χ4v) is 6.38. The molecule has 41 heavy (non-hydrogen) atoms. The van der Waals surface area contributed by atoms with E-state index in [-0.39, 0.29) is 6.61 Å². The van der Waals surface area contributed by atoms with E-state index in [0.717, 1.165) is 64.0 Å². The Hall–Kier alpha value is -1.41. The summed E-state index contributed by atoms with van der Waals surface area (Å²) in [5.41, 5.74) is 0. The van der Waals surface area contributed by atoms with Crippen LogP contribution in [0, 0.1) is 0 Å². The SMILES string of the molecule is CC(=O)N[C@H]1[C@@H](OP(=O)(O)OP(=O)(O)OCCCCCCCCCCCOc2ccccc2)O[C@H](CO)[C@H](O)[C@@H]1O. The van der Waals surface area contributed by atoms with Crippen LogP contribution in [0.1, 0.15) is 64.7 Å². The fourth-order valence-electron chi connectivity index (χ4n) is 4.19. The van der Waals surface area contributed by atoms with Crippen molar-refractivity contribution < 1.29 is 61.9 Å². The molecular formula is C25H43NO13P2. The smallest absolute Gasteiger partial charge is 0.483 e. The summed E-state index contributed by atoms with van der Waals surface area (Å²) in [6.07, 6.45) is 1.65. The number of benzene rings is 1. The van der Waals surface area contributed by atoms with Crippen LogP contribution in [0.3, 0.4) is 0 Å². The summed E-state index contributed by atoms with van der Waals surface area (Å²) in [4.78, 5) is 31.3. The van der Waals surface area contributed by atoms with Gasteiger partial charge < -0.3 is 39.9 Å². The van der Waals surface area contributed by atoms with Gasteiger partial charge in [0.2, 0.25) is 5.91 Å². The number of carbonyl (C=O) groups is 1. The van der Waals surface area contributed by atoms with Crippen molar-refractivity contribution in [1.82, 2.24) is 5.32 Å². The molecule has 1 amide bonds. The second-order valence-electron chi connectivity index (χ2n) is 9.73. The molecule has 1 saturated heterocycles. The minimum atomic E-state index is -5.34. The van der Waals surface area contributed by atoms with Gasteiger partial charge in [-0.15, -0.1) is 0 Å². The Morgan fingerprint density at radius 2 is 1.44 bits per heavy atom. The van der Waals surface area contributed by atoms with E-state index < -0.39 is 58.8 Å². The summed E-state index contributed by atoms with van der Waals surface area (Å²) >= 11 is 0. The van der Waals surface area contributed by atoms with E-state index in [1.807, 2.05) is 30.3 Å². The van der Waals surface area contributed by atoms with Gasteiger partial charge in [0.15, 0.2) is 6.29 Å². The maximum absolute atomic E-state index is 12.4. The average molecular weight is 628 g/mol. The van der Waals surface area contributed by atoms with Crippen molar-refractivity contribution in [3.63, 3.8) is 0 Å². The van der Waals surface area contributed by atoms with Crippen molar-refractivity contribution in [2.75, 3.05) is 19.8 Å². The van der Waals surface area contributed by atoms with Crippen molar-refractivity contribution in [2.24, 2.45) is 0 Å². The van der Waals surface area contributed by atoms with Gasteiger partial charge in [-0.05, 0) is 25.0 Å². The van der Waals surface area contributed by atoms with Crippen molar-refractivity contribution in [1.29, 1.82) is 0 Å². The monoisotopic (exact) mass is 627 g/mol. The first-order valence-corrected chi connectivity index (χ1v) is 16.7. The second-order valence-corrected chi connectivity index (χ2v) is 12.7. The highest BCUT2D eigenvalue weighted by atomic mass is 31.3. The molecule has 1 aromatic rings. The number of amides is 1. The van der Waals surface area contributed by atoms with Gasteiger partial charge in [-0.3, -0.25) is 13.8 Å². The minimum Gasteiger partial charge on any atom is -0.494 e. The number of rotatable bonds is 20. The number of para-hydroxylation sites is 1. The summed E-state index contributed by atoms with van der Waals surface area (Å²) in [5, 5.41) is 31.7. The average Bonchev–Trinajstić information content (AvgIpc) is 2.90. The lowest BCUT2D eigenvalue weighted by molar-refractivity contribution is -0.247. The van der Waals surface area contributed by atoms with Gasteiger partial charge >= 0.3 is 15.6 Å². The zero-order chi connectivity index (χ0) is 30.3. The van der Waals surface area contributed by atoms with Gasteiger partial charge in [-0.25, -0.2) is 9.13 Å². The molecule has 1 fully saturated rings. The fraction of sp³-hybridized carbons (Fsp3) is 0.720. The molecule has 236 valence electrons. The van der Waals surface area contributed by atoms with E-state index in [2.05, 4.69) is 9.63 Å². The van der Waals surface area contributed by atoms with Crippen molar-refractivity contribution in [3.05, 3.63) is 30.3 Å². The Morgan fingerprint density at radius 3 is 2.00 bits per heavy atom. The predicted octanol–water partition coefficient (Wildman–Crippen LogP) is 2.77. The van der Waals surface area contributed by atoms with Gasteiger partial charge in [0.1, 0.15) is 30.1 Å². The largest absolute Gasteiger partial charge is 0.494 e. The minimum absolute atomic E-state index is 0.207. The summed E-state index contributed by atoms with van der Waals surface area (Å²) < 4.78 is 49.2. The first-order valence-electron chi connectivity index (χ1n) is 13.7. The standard InChI is InChI=1S/C25H43NO13P2/c1-19(28)26-22-24(30)23(29)21(18-27)37-25(22)38-41(33,34)39-40(31,32)36-17-13-8-6-4-2-3-5-7-12-16-35-20-14-10-9-11-15-20/h9-11,14-15,21-25,27,29-30H,2-8,12-13,16-18H2,1H3,(H,26,28)(H,31,32)(H,33,34)/t21-,22-,23+,24-,25-/m1/s1. The van der Waals surface area contributed by atoms with Crippen molar-refractivity contribution in [2.45, 2.75) is 95.4 Å². The normalized spacial score (nSPS) is 25.7. The van der Waals surface area contributed by atoms with E-state index in [0.29, 0.717) is 13.0 Å². The van der Waals surface area contributed by atoms with Gasteiger partial charge in [-0.1, -0.05) is 63.1 Å². The zero-order valence-electron chi connectivity index (χ0n) is 23.2. The maximum Gasteiger partial charge on any atom is 0.483 e. The third-order valence-corrected chi connectivity index (χ3v) is 8.88. The number of phosphoric ester groups is 2. The highest BCUT2D eigenvalue weighted by Crippen LogP contribution is 2.61. The van der Waals surface area contributed by atoms with Crippen LogP contribution in [-0.4, -0.2) is 81.5 Å². The number of ether oxygens (including phenoxy) is 2. The molecule has 1 aliphatic rings. The summed E-state index contributed by atoms with van der Waals surface area (Å²) in [5.74, 6) is 0.180. The van der Waals surface area contributed by atoms with Crippen LogP contribution in [0.4, 0.5) is 0 Å². The lowest BCUT2D eigenvalue weighted by atomic mass is 9.97. The summed E-state index contributed by atoms with van der Waals surface area (Å²) in [6, 6.07) is 8.14. The number of unbranched alkanes of at least 4 members (excludes halogenated alkanes) is 8. The summed E-state index contributed by atoms with van der Waals surface area (Å²) in [6.45, 7) is 0.767. The van der Waals surface area contributed by atoms with Gasteiger partial charge in [0, 0.05) is 6.92 Å². The van der Waals surface area contributed by atoms with E-state index in [9.17, 15) is 39.0 Å². The number of carbonyl (C=O) groups excluding carboxylic acids is 1. The van der Waals surface area contributed by atoms with Crippen LogP contribution >= 0.6 is 15.6 Å². The number of aliphatic hydroxyl groups excluding tert-OH is 3. The Bertz CT molecular complexity index is 986. The van der Waals surface area contributed by atoms with Crippen LogP contribution in [0.15, 0.2) is 30.3 Å². The topological polar surface area (TPSA) is 211 Å². The van der Waals surface area contributed by atoms with Crippen molar-refractivity contribution >= 4 is 21.6 Å². The first kappa shape index (κ1) is 35.8. The number of aliphatic hydroxyl groups is 3. The highest BCUT2D eigenvalue weighted by molar-refractivity contribution is 7.61. The Kier molecular flexibility index (Phi) is 16.0. The van der Waals surface area contributed by atoms with E-state index in [1.54, 1.807) is 0 Å². The van der Waals surface area contributed by atoms with Crippen LogP contribution in [0.25, 0.3) is 0 Å². The number of nitrogens with one attached hydrogen (secondary N) is 1. The molecule has 6 N–H and O–H groups in total. The third-order valence-electron chi connectivity index (χ3n) is 6.25. The molecule has 2 rings (SSSR count). The Labute approximate surface area is 240 Å². The van der Waals surface area contributed by atoms with Crippen LogP contribution in [0.5, 0.6) is 5.75 Å². The van der Waals surface area contributed by atoms with Gasteiger partial charge in [-0.2, -0.15) is 4.31 Å². The molecule has 0 aromatic heterocycles. The third kappa shape index (κ3) is 14.1. The quantitative estimate of drug-likeness (QED) is 0.0908. The maximum atomic E-state index is 12.4. The first-order chi connectivity index (χ1) is 19.4. The highest BCUT2D eigenvalue weighted by Gasteiger charge is 2.49.